The molecule has 3 atom stereocenters. The van der Waals surface area contributed by atoms with Gasteiger partial charge in [0.05, 0.1) is 6.42 Å². The van der Waals surface area contributed by atoms with Gasteiger partial charge in [-0.3, -0.25) is 4.79 Å². The first-order valence-electron chi connectivity index (χ1n) is 11.2. The van der Waals surface area contributed by atoms with Crippen LogP contribution in [0.1, 0.15) is 43.7 Å². The van der Waals surface area contributed by atoms with Gasteiger partial charge in [0.25, 0.3) is 0 Å². The Balaban J connectivity index is 1.70. The molecule has 7 nitrogen and oxygen atoms in total. The number of carbonyl (C=O) groups is 3. The van der Waals surface area contributed by atoms with Crippen LogP contribution in [0.2, 0.25) is 0 Å². The maximum Gasteiger partial charge on any atom is 0.407 e. The number of carboxylic acids is 1. The van der Waals surface area contributed by atoms with Crippen molar-refractivity contribution in [1.82, 2.24) is 10.6 Å². The first-order valence-corrected chi connectivity index (χ1v) is 11.2. The Hall–Kier alpha value is -3.56. The Morgan fingerprint density at radius 1 is 1.00 bits per heavy atom. The van der Waals surface area contributed by atoms with Crippen molar-refractivity contribution in [1.29, 1.82) is 0 Å². The molecule has 0 aromatic heterocycles. The van der Waals surface area contributed by atoms with Crippen LogP contribution in [0.15, 0.2) is 48.5 Å². The van der Waals surface area contributed by atoms with Crippen molar-refractivity contribution >= 4 is 18.0 Å². The number of benzene rings is 2. The molecule has 2 amide bonds. The summed E-state index contributed by atoms with van der Waals surface area (Å²) in [6.07, 6.45) is -7.28. The summed E-state index contributed by atoms with van der Waals surface area (Å²) < 4.78 is 44.6. The average Bonchev–Trinajstić information content (AvgIpc) is 3.12. The van der Waals surface area contributed by atoms with Gasteiger partial charge in [-0.15, -0.1) is 0 Å². The fourth-order valence-corrected chi connectivity index (χ4v) is 4.16. The number of alkyl halides is 3. The molecule has 0 fully saturated rings. The predicted octanol–water partition coefficient (Wildman–Crippen LogP) is 4.46. The fourth-order valence-electron chi connectivity index (χ4n) is 4.16. The molecule has 0 heterocycles. The molecule has 10 heteroatoms. The summed E-state index contributed by atoms with van der Waals surface area (Å²) in [4.78, 5) is 36.4. The van der Waals surface area contributed by atoms with Crippen molar-refractivity contribution in [2.75, 3.05) is 6.61 Å². The van der Waals surface area contributed by atoms with E-state index < -0.39 is 48.6 Å². The Morgan fingerprint density at radius 2 is 1.54 bits per heavy atom. The van der Waals surface area contributed by atoms with Crippen LogP contribution >= 0.6 is 0 Å². The molecule has 1 aliphatic carbocycles. The summed E-state index contributed by atoms with van der Waals surface area (Å²) in [5.41, 5.74) is 3.81. The number of nitrogens with one attached hydrogen (secondary N) is 2. The maximum atomic E-state index is 13.1. The van der Waals surface area contributed by atoms with E-state index >= 15 is 0 Å². The third-order valence-electron chi connectivity index (χ3n) is 6.16. The predicted molar refractivity (Wildman–Crippen MR) is 122 cm³/mol. The molecular formula is C25H27F3N2O5. The normalized spacial score (nSPS) is 15.3. The molecule has 3 N–H and O–H groups in total. The summed E-state index contributed by atoms with van der Waals surface area (Å²) in [6.45, 7) is 3.09. The minimum atomic E-state index is -4.78. The summed E-state index contributed by atoms with van der Waals surface area (Å²) in [5.74, 6) is -3.47. The zero-order valence-corrected chi connectivity index (χ0v) is 19.3. The van der Waals surface area contributed by atoms with Crippen LogP contribution in [-0.4, -0.2) is 47.9 Å². The maximum absolute atomic E-state index is 13.1. The minimum absolute atomic E-state index is 0.148. The molecule has 1 aliphatic rings. The second kappa shape index (κ2) is 10.8. The topological polar surface area (TPSA) is 105 Å². The summed E-state index contributed by atoms with van der Waals surface area (Å²) in [6, 6.07) is 11.7. The quantitative estimate of drug-likeness (QED) is 0.479. The molecule has 2 aromatic rings. The van der Waals surface area contributed by atoms with Crippen LogP contribution in [0.3, 0.4) is 0 Å². The van der Waals surface area contributed by atoms with Gasteiger partial charge in [0.2, 0.25) is 5.91 Å². The Morgan fingerprint density at radius 3 is 2.03 bits per heavy atom. The number of hydrogen-bond donors (Lipinski definition) is 3. The van der Waals surface area contributed by atoms with Gasteiger partial charge < -0.3 is 20.5 Å². The van der Waals surface area contributed by atoms with Gasteiger partial charge >= 0.3 is 18.2 Å². The first-order chi connectivity index (χ1) is 16.5. The van der Waals surface area contributed by atoms with E-state index in [2.05, 4.69) is 5.32 Å². The number of rotatable bonds is 9. The van der Waals surface area contributed by atoms with Gasteiger partial charge in [0.15, 0.2) is 0 Å². The Bertz CT molecular complexity index is 1040. The average molecular weight is 492 g/mol. The molecule has 0 saturated heterocycles. The SMILES string of the molecule is CCC(C)[C@H](NC(=O)C(CC(F)(F)F)NC(=O)OCC1c2ccccc2-c2ccccc21)C(=O)O. The number of alkyl carbamates (subject to hydrolysis) is 1. The van der Waals surface area contributed by atoms with Crippen molar-refractivity contribution in [2.45, 2.75) is 50.9 Å². The highest BCUT2D eigenvalue weighted by molar-refractivity contribution is 5.89. The molecule has 2 aromatic carbocycles. The lowest BCUT2D eigenvalue weighted by molar-refractivity contribution is -0.151. The molecule has 0 saturated carbocycles. The number of carbonyl (C=O) groups excluding carboxylic acids is 2. The highest BCUT2D eigenvalue weighted by atomic mass is 19.4. The van der Waals surface area contributed by atoms with Gasteiger partial charge in [0.1, 0.15) is 18.7 Å². The van der Waals surface area contributed by atoms with Gasteiger partial charge in [-0.05, 0) is 28.2 Å². The van der Waals surface area contributed by atoms with Crippen molar-refractivity contribution < 1.29 is 37.4 Å². The third kappa shape index (κ3) is 6.32. The highest BCUT2D eigenvalue weighted by Gasteiger charge is 2.39. The Labute approximate surface area is 200 Å². The standard InChI is InChI=1S/C25H27F3N2O5/c1-3-14(2)21(23(32)33)30-22(31)20(12-25(26,27)28)29-24(34)35-13-19-17-10-6-4-8-15(17)16-9-5-7-11-18(16)19/h4-11,14,19-21H,3,12-13H2,1-2H3,(H,29,34)(H,30,31)(H,32,33)/t14?,20?,21-/m0/s1. The fraction of sp³-hybridized carbons (Fsp3) is 0.400. The number of amides is 2. The number of fused-ring (bicyclic) bond motifs is 3. The summed E-state index contributed by atoms with van der Waals surface area (Å²) >= 11 is 0. The zero-order chi connectivity index (χ0) is 25.8. The molecule has 0 aliphatic heterocycles. The van der Waals surface area contributed by atoms with Crippen LogP contribution in [0, 0.1) is 5.92 Å². The van der Waals surface area contributed by atoms with Crippen LogP contribution < -0.4 is 10.6 Å². The Kier molecular flexibility index (Phi) is 8.03. The van der Waals surface area contributed by atoms with E-state index in [1.54, 1.807) is 13.8 Å². The van der Waals surface area contributed by atoms with Crippen LogP contribution in [-0.2, 0) is 14.3 Å². The first kappa shape index (κ1) is 26.1. The van der Waals surface area contributed by atoms with E-state index in [4.69, 9.17) is 4.74 Å². The number of ether oxygens (including phenoxy) is 1. The molecule has 0 radical (unpaired) electrons. The number of aliphatic carboxylic acids is 1. The summed E-state index contributed by atoms with van der Waals surface area (Å²) in [5, 5.41) is 13.4. The van der Waals surface area contributed by atoms with Crippen LogP contribution in [0.25, 0.3) is 11.1 Å². The largest absolute Gasteiger partial charge is 0.480 e. The molecule has 2 unspecified atom stereocenters. The molecule has 3 rings (SSSR count). The van der Waals surface area contributed by atoms with E-state index in [1.807, 2.05) is 53.8 Å². The lowest BCUT2D eigenvalue weighted by Gasteiger charge is -2.25. The molecule has 35 heavy (non-hydrogen) atoms. The van der Waals surface area contributed by atoms with Crippen molar-refractivity contribution in [3.8, 4) is 11.1 Å². The molecule has 188 valence electrons. The third-order valence-corrected chi connectivity index (χ3v) is 6.16. The van der Waals surface area contributed by atoms with E-state index in [1.165, 1.54) is 0 Å². The monoisotopic (exact) mass is 492 g/mol. The number of hydrogen-bond acceptors (Lipinski definition) is 4. The lowest BCUT2D eigenvalue weighted by Crippen LogP contribution is -2.54. The molecule has 0 spiro atoms. The van der Waals surface area contributed by atoms with E-state index in [0.29, 0.717) is 6.42 Å². The highest BCUT2D eigenvalue weighted by Crippen LogP contribution is 2.44. The number of halogens is 3. The lowest BCUT2D eigenvalue weighted by atomic mass is 9.98. The molecular weight excluding hydrogens is 465 g/mol. The van der Waals surface area contributed by atoms with Gasteiger partial charge in [0, 0.05) is 5.92 Å². The van der Waals surface area contributed by atoms with Crippen molar-refractivity contribution in [2.24, 2.45) is 5.92 Å². The van der Waals surface area contributed by atoms with Gasteiger partial charge in [-0.2, -0.15) is 13.2 Å². The van der Waals surface area contributed by atoms with Gasteiger partial charge in [-0.25, -0.2) is 9.59 Å². The summed E-state index contributed by atoms with van der Waals surface area (Å²) in [7, 11) is 0. The van der Waals surface area contributed by atoms with E-state index in [9.17, 15) is 32.7 Å². The van der Waals surface area contributed by atoms with Crippen molar-refractivity contribution in [3.05, 3.63) is 59.7 Å². The van der Waals surface area contributed by atoms with Crippen LogP contribution in [0.5, 0.6) is 0 Å². The van der Waals surface area contributed by atoms with E-state index in [-0.39, 0.29) is 12.5 Å². The second-order valence-electron chi connectivity index (χ2n) is 8.55. The van der Waals surface area contributed by atoms with Crippen LogP contribution in [0.4, 0.5) is 18.0 Å². The van der Waals surface area contributed by atoms with E-state index in [0.717, 1.165) is 22.3 Å². The zero-order valence-electron chi connectivity index (χ0n) is 19.3. The minimum Gasteiger partial charge on any atom is -0.480 e. The number of carboxylic acid groups (broad SMARTS) is 1. The smallest absolute Gasteiger partial charge is 0.407 e. The van der Waals surface area contributed by atoms with Crippen molar-refractivity contribution in [3.63, 3.8) is 0 Å². The molecule has 0 bridgehead atoms. The van der Waals surface area contributed by atoms with Gasteiger partial charge in [-0.1, -0.05) is 68.8 Å². The second-order valence-corrected chi connectivity index (χ2v) is 8.55.